The number of epoxide rings is 1. The minimum absolute atomic E-state index is 0.0201. The number of hydrogen-bond donors (Lipinski definition) is 0. The first kappa shape index (κ1) is 12.6. The Morgan fingerprint density at radius 2 is 2.17 bits per heavy atom. The fraction of sp³-hybridized carbons (Fsp3) is 0.267. The zero-order chi connectivity index (χ0) is 13.0. The highest BCUT2D eigenvalue weighted by molar-refractivity contribution is 5.86. The lowest BCUT2D eigenvalue weighted by Crippen LogP contribution is -2.11. The zero-order valence-electron chi connectivity index (χ0n) is 10.3. The van der Waals surface area contributed by atoms with Gasteiger partial charge < -0.3 is 9.47 Å². The van der Waals surface area contributed by atoms with Gasteiger partial charge in [0.1, 0.15) is 18.8 Å². The van der Waals surface area contributed by atoms with Crippen molar-refractivity contribution in [3.63, 3.8) is 0 Å². The second kappa shape index (κ2) is 5.65. The molecule has 2 atom stereocenters. The third kappa shape index (κ3) is 3.57. The first-order valence-corrected chi connectivity index (χ1v) is 5.88. The standard InChI is InChI=1S/C15H16O3/c1-11(2)15(16)17-10-14-13(18-14)9-8-12-6-4-3-5-7-12/h3-9,13-14H,1,10H2,2H3. The minimum atomic E-state index is -0.365. The van der Waals surface area contributed by atoms with Crippen molar-refractivity contribution in [1.29, 1.82) is 0 Å². The number of hydrogen-bond acceptors (Lipinski definition) is 3. The van der Waals surface area contributed by atoms with Crippen LogP contribution in [0.4, 0.5) is 0 Å². The van der Waals surface area contributed by atoms with Crippen LogP contribution in [0.5, 0.6) is 0 Å². The Kier molecular flexibility index (Phi) is 3.95. The second-order valence-corrected chi connectivity index (χ2v) is 4.29. The second-order valence-electron chi connectivity index (χ2n) is 4.29. The van der Waals surface area contributed by atoms with E-state index in [-0.39, 0.29) is 24.8 Å². The molecule has 0 spiro atoms. The van der Waals surface area contributed by atoms with Crippen LogP contribution in [0.1, 0.15) is 12.5 Å². The topological polar surface area (TPSA) is 38.8 Å². The summed E-state index contributed by atoms with van der Waals surface area (Å²) in [7, 11) is 0. The molecule has 1 saturated heterocycles. The van der Waals surface area contributed by atoms with Crippen LogP contribution in [-0.2, 0) is 14.3 Å². The number of esters is 1. The summed E-state index contributed by atoms with van der Waals surface area (Å²) in [6.45, 7) is 5.43. The molecule has 1 aromatic rings. The maximum Gasteiger partial charge on any atom is 0.333 e. The maximum atomic E-state index is 11.2. The summed E-state index contributed by atoms with van der Waals surface area (Å²) in [4.78, 5) is 11.2. The van der Waals surface area contributed by atoms with Gasteiger partial charge in [0.25, 0.3) is 0 Å². The first-order chi connectivity index (χ1) is 8.66. The molecule has 0 N–H and O–H groups in total. The van der Waals surface area contributed by atoms with Gasteiger partial charge in [-0.15, -0.1) is 0 Å². The average molecular weight is 244 g/mol. The van der Waals surface area contributed by atoms with Gasteiger partial charge in [0, 0.05) is 5.57 Å². The van der Waals surface area contributed by atoms with Crippen LogP contribution in [0, 0.1) is 0 Å². The van der Waals surface area contributed by atoms with E-state index in [9.17, 15) is 4.79 Å². The Morgan fingerprint density at radius 1 is 1.44 bits per heavy atom. The predicted octanol–water partition coefficient (Wildman–Crippen LogP) is 2.59. The van der Waals surface area contributed by atoms with Crippen molar-refractivity contribution in [1.82, 2.24) is 0 Å². The number of ether oxygens (including phenoxy) is 2. The molecule has 18 heavy (non-hydrogen) atoms. The van der Waals surface area contributed by atoms with Crippen molar-refractivity contribution in [3.8, 4) is 0 Å². The fourth-order valence-corrected chi connectivity index (χ4v) is 1.51. The molecule has 94 valence electrons. The summed E-state index contributed by atoms with van der Waals surface area (Å²) in [5.41, 5.74) is 1.54. The molecule has 2 rings (SSSR count). The van der Waals surface area contributed by atoms with Crippen LogP contribution < -0.4 is 0 Å². The Bertz CT molecular complexity index is 462. The van der Waals surface area contributed by atoms with E-state index in [0.717, 1.165) is 5.56 Å². The van der Waals surface area contributed by atoms with Crippen molar-refractivity contribution in [2.75, 3.05) is 6.61 Å². The first-order valence-electron chi connectivity index (χ1n) is 5.88. The smallest absolute Gasteiger partial charge is 0.333 e. The van der Waals surface area contributed by atoms with E-state index >= 15 is 0 Å². The van der Waals surface area contributed by atoms with Crippen LogP contribution in [-0.4, -0.2) is 24.8 Å². The van der Waals surface area contributed by atoms with Crippen LogP contribution in [0.3, 0.4) is 0 Å². The summed E-state index contributed by atoms with van der Waals surface area (Å²) in [5, 5.41) is 0. The Balaban J connectivity index is 1.74. The van der Waals surface area contributed by atoms with Crippen LogP contribution >= 0.6 is 0 Å². The van der Waals surface area contributed by atoms with E-state index in [1.165, 1.54) is 0 Å². The molecule has 0 bridgehead atoms. The van der Waals surface area contributed by atoms with Gasteiger partial charge in [0.15, 0.2) is 0 Å². The monoisotopic (exact) mass is 244 g/mol. The molecular weight excluding hydrogens is 228 g/mol. The molecule has 1 heterocycles. The average Bonchev–Trinajstić information content (AvgIpc) is 3.13. The van der Waals surface area contributed by atoms with E-state index in [2.05, 4.69) is 6.58 Å². The molecule has 0 saturated carbocycles. The predicted molar refractivity (Wildman–Crippen MR) is 69.9 cm³/mol. The third-order valence-corrected chi connectivity index (χ3v) is 2.63. The van der Waals surface area contributed by atoms with Gasteiger partial charge in [-0.2, -0.15) is 0 Å². The number of benzene rings is 1. The largest absolute Gasteiger partial charge is 0.459 e. The number of rotatable bonds is 5. The van der Waals surface area contributed by atoms with Crippen LogP contribution in [0.15, 0.2) is 48.6 Å². The summed E-state index contributed by atoms with van der Waals surface area (Å²) < 4.78 is 10.4. The molecule has 3 heteroatoms. The molecule has 1 fully saturated rings. The van der Waals surface area contributed by atoms with Gasteiger partial charge in [-0.1, -0.05) is 49.1 Å². The third-order valence-electron chi connectivity index (χ3n) is 2.63. The molecule has 1 aliphatic rings. The Hall–Kier alpha value is -1.87. The highest BCUT2D eigenvalue weighted by Gasteiger charge is 2.37. The molecule has 0 radical (unpaired) electrons. The van der Waals surface area contributed by atoms with Crippen LogP contribution in [0.2, 0.25) is 0 Å². The van der Waals surface area contributed by atoms with Gasteiger partial charge in [-0.05, 0) is 12.5 Å². The van der Waals surface area contributed by atoms with E-state index in [4.69, 9.17) is 9.47 Å². The summed E-state index contributed by atoms with van der Waals surface area (Å²) >= 11 is 0. The quantitative estimate of drug-likeness (QED) is 0.454. The zero-order valence-corrected chi connectivity index (χ0v) is 10.3. The minimum Gasteiger partial charge on any atom is -0.459 e. The van der Waals surface area contributed by atoms with E-state index in [1.54, 1.807) is 6.92 Å². The van der Waals surface area contributed by atoms with Gasteiger partial charge >= 0.3 is 5.97 Å². The molecule has 1 aliphatic heterocycles. The van der Waals surface area contributed by atoms with Crippen molar-refractivity contribution in [3.05, 3.63) is 54.1 Å². The fourth-order valence-electron chi connectivity index (χ4n) is 1.51. The lowest BCUT2D eigenvalue weighted by Gasteiger charge is -2.00. The Labute approximate surface area is 107 Å². The van der Waals surface area contributed by atoms with Gasteiger partial charge in [-0.25, -0.2) is 4.79 Å². The van der Waals surface area contributed by atoms with Gasteiger partial charge in [0.2, 0.25) is 0 Å². The van der Waals surface area contributed by atoms with Crippen molar-refractivity contribution in [2.45, 2.75) is 19.1 Å². The molecule has 0 amide bonds. The number of carbonyl (C=O) groups excluding carboxylic acids is 1. The highest BCUT2D eigenvalue weighted by Crippen LogP contribution is 2.24. The highest BCUT2D eigenvalue weighted by atomic mass is 16.6. The molecular formula is C15H16O3. The molecule has 0 aromatic heterocycles. The van der Waals surface area contributed by atoms with E-state index in [0.29, 0.717) is 5.57 Å². The number of carbonyl (C=O) groups is 1. The SMILES string of the molecule is C=C(C)C(=O)OCC1OC1C=Cc1ccccc1. The van der Waals surface area contributed by atoms with E-state index in [1.807, 2.05) is 42.5 Å². The lowest BCUT2D eigenvalue weighted by atomic mass is 10.2. The summed E-state index contributed by atoms with van der Waals surface area (Å²) in [6.07, 6.45) is 4.01. The van der Waals surface area contributed by atoms with Crippen molar-refractivity contribution >= 4 is 12.0 Å². The molecule has 0 aliphatic carbocycles. The molecule has 2 unspecified atom stereocenters. The van der Waals surface area contributed by atoms with Crippen molar-refractivity contribution < 1.29 is 14.3 Å². The van der Waals surface area contributed by atoms with Crippen molar-refractivity contribution in [2.24, 2.45) is 0 Å². The van der Waals surface area contributed by atoms with E-state index < -0.39 is 0 Å². The molecule has 3 nitrogen and oxygen atoms in total. The lowest BCUT2D eigenvalue weighted by molar-refractivity contribution is -0.139. The Morgan fingerprint density at radius 3 is 2.83 bits per heavy atom. The van der Waals surface area contributed by atoms with Gasteiger partial charge in [-0.3, -0.25) is 0 Å². The summed E-state index contributed by atoms with van der Waals surface area (Å²) in [6, 6.07) is 9.99. The van der Waals surface area contributed by atoms with Crippen LogP contribution in [0.25, 0.3) is 6.08 Å². The van der Waals surface area contributed by atoms with Gasteiger partial charge in [0.05, 0.1) is 0 Å². The molecule has 1 aromatic carbocycles. The normalized spacial score (nSPS) is 21.8. The summed E-state index contributed by atoms with van der Waals surface area (Å²) in [5.74, 6) is -0.365. The maximum absolute atomic E-state index is 11.2.